The average molecular weight is 269 g/mol. The van der Waals surface area contributed by atoms with Crippen molar-refractivity contribution in [1.82, 2.24) is 0 Å². The van der Waals surface area contributed by atoms with Crippen LogP contribution in [0.2, 0.25) is 0 Å². The molecule has 0 aliphatic carbocycles. The summed E-state index contributed by atoms with van der Waals surface area (Å²) in [6.07, 6.45) is 0. The molecule has 4 nitrogen and oxygen atoms in total. The van der Waals surface area contributed by atoms with Crippen molar-refractivity contribution in [3.05, 3.63) is 70.8 Å². The van der Waals surface area contributed by atoms with E-state index in [0.717, 1.165) is 11.1 Å². The van der Waals surface area contributed by atoms with Gasteiger partial charge in [-0.3, -0.25) is 4.79 Å². The standard InChI is InChI=1S/C16H15NO3/c1-11-3-2-4-14(9-11)16(19)20-10-12-5-7-13(8-6-12)15(17)18/h2-9H,10H2,1H3,(H2,17,18). The van der Waals surface area contributed by atoms with Gasteiger partial charge in [-0.15, -0.1) is 0 Å². The molecular formula is C16H15NO3. The van der Waals surface area contributed by atoms with E-state index in [-0.39, 0.29) is 12.6 Å². The second-order valence-corrected chi connectivity index (χ2v) is 4.51. The molecule has 0 spiro atoms. The van der Waals surface area contributed by atoms with Crippen LogP contribution >= 0.6 is 0 Å². The molecule has 2 N–H and O–H groups in total. The third-order valence-electron chi connectivity index (χ3n) is 2.86. The minimum atomic E-state index is -0.478. The number of carbonyl (C=O) groups excluding carboxylic acids is 2. The molecule has 0 unspecified atom stereocenters. The third-order valence-corrected chi connectivity index (χ3v) is 2.86. The molecule has 2 aromatic rings. The van der Waals surface area contributed by atoms with Crippen molar-refractivity contribution >= 4 is 11.9 Å². The van der Waals surface area contributed by atoms with E-state index in [2.05, 4.69) is 0 Å². The lowest BCUT2D eigenvalue weighted by Gasteiger charge is -2.06. The predicted octanol–water partition coefficient (Wildman–Crippen LogP) is 2.45. The Morgan fingerprint density at radius 3 is 2.35 bits per heavy atom. The molecule has 0 saturated carbocycles. The number of esters is 1. The molecule has 102 valence electrons. The van der Waals surface area contributed by atoms with Gasteiger partial charge in [-0.1, -0.05) is 29.8 Å². The minimum absolute atomic E-state index is 0.159. The van der Waals surface area contributed by atoms with Gasteiger partial charge >= 0.3 is 5.97 Å². The number of hydrogen-bond acceptors (Lipinski definition) is 3. The van der Waals surface area contributed by atoms with Gasteiger partial charge < -0.3 is 10.5 Å². The number of primary amides is 1. The van der Waals surface area contributed by atoms with E-state index >= 15 is 0 Å². The van der Waals surface area contributed by atoms with Crippen LogP contribution in [0.1, 0.15) is 31.8 Å². The maximum Gasteiger partial charge on any atom is 0.338 e. The lowest BCUT2D eigenvalue weighted by molar-refractivity contribution is 0.0472. The third kappa shape index (κ3) is 3.45. The Labute approximate surface area is 117 Å². The number of carbonyl (C=O) groups is 2. The summed E-state index contributed by atoms with van der Waals surface area (Å²) in [6, 6.07) is 13.9. The molecule has 20 heavy (non-hydrogen) atoms. The average Bonchev–Trinajstić information content (AvgIpc) is 2.45. The van der Waals surface area contributed by atoms with Gasteiger partial charge in [0.2, 0.25) is 5.91 Å². The number of hydrogen-bond donors (Lipinski definition) is 1. The quantitative estimate of drug-likeness (QED) is 0.867. The molecular weight excluding hydrogens is 254 g/mol. The van der Waals surface area contributed by atoms with Gasteiger partial charge in [-0.05, 0) is 36.8 Å². The normalized spacial score (nSPS) is 10.1. The summed E-state index contributed by atoms with van der Waals surface area (Å²) in [5.74, 6) is -0.846. The molecule has 0 fully saturated rings. The zero-order valence-corrected chi connectivity index (χ0v) is 11.1. The van der Waals surface area contributed by atoms with Crippen molar-refractivity contribution < 1.29 is 14.3 Å². The zero-order valence-electron chi connectivity index (χ0n) is 11.1. The van der Waals surface area contributed by atoms with Crippen molar-refractivity contribution in [1.29, 1.82) is 0 Å². The van der Waals surface area contributed by atoms with Crippen LogP contribution in [-0.2, 0) is 11.3 Å². The van der Waals surface area contributed by atoms with Gasteiger partial charge in [-0.2, -0.15) is 0 Å². The Hall–Kier alpha value is -2.62. The van der Waals surface area contributed by atoms with E-state index in [9.17, 15) is 9.59 Å². The van der Waals surface area contributed by atoms with Crippen molar-refractivity contribution in [2.24, 2.45) is 5.73 Å². The minimum Gasteiger partial charge on any atom is -0.457 e. The van der Waals surface area contributed by atoms with E-state index in [1.807, 2.05) is 19.1 Å². The Morgan fingerprint density at radius 1 is 1.05 bits per heavy atom. The maximum absolute atomic E-state index is 11.8. The van der Waals surface area contributed by atoms with Gasteiger partial charge in [0.05, 0.1) is 5.56 Å². The van der Waals surface area contributed by atoms with Crippen molar-refractivity contribution in [3.63, 3.8) is 0 Å². The van der Waals surface area contributed by atoms with Crippen LogP contribution in [0.25, 0.3) is 0 Å². The molecule has 2 rings (SSSR count). The highest BCUT2D eigenvalue weighted by Crippen LogP contribution is 2.09. The number of amides is 1. The molecule has 0 aliphatic rings. The second-order valence-electron chi connectivity index (χ2n) is 4.51. The zero-order chi connectivity index (χ0) is 14.5. The first-order chi connectivity index (χ1) is 9.56. The first kappa shape index (κ1) is 13.8. The van der Waals surface area contributed by atoms with Crippen LogP contribution in [0.15, 0.2) is 48.5 Å². The Morgan fingerprint density at radius 2 is 1.75 bits per heavy atom. The van der Waals surface area contributed by atoms with E-state index in [4.69, 9.17) is 10.5 Å². The summed E-state index contributed by atoms with van der Waals surface area (Å²) < 4.78 is 5.21. The highest BCUT2D eigenvalue weighted by Gasteiger charge is 2.07. The summed E-state index contributed by atoms with van der Waals surface area (Å²) in [4.78, 5) is 22.8. The summed E-state index contributed by atoms with van der Waals surface area (Å²) in [7, 11) is 0. The van der Waals surface area contributed by atoms with Crippen molar-refractivity contribution in [2.45, 2.75) is 13.5 Å². The van der Waals surface area contributed by atoms with E-state index in [0.29, 0.717) is 11.1 Å². The largest absolute Gasteiger partial charge is 0.457 e. The van der Waals surface area contributed by atoms with Crippen molar-refractivity contribution in [3.8, 4) is 0 Å². The molecule has 0 saturated heterocycles. The summed E-state index contributed by atoms with van der Waals surface area (Å²) >= 11 is 0. The first-order valence-corrected chi connectivity index (χ1v) is 6.19. The highest BCUT2D eigenvalue weighted by atomic mass is 16.5. The van der Waals surface area contributed by atoms with Crippen LogP contribution in [0.5, 0.6) is 0 Å². The second kappa shape index (κ2) is 6.02. The van der Waals surface area contributed by atoms with E-state index in [1.165, 1.54) is 0 Å². The van der Waals surface area contributed by atoms with Crippen LogP contribution in [0.3, 0.4) is 0 Å². The molecule has 4 heteroatoms. The lowest BCUT2D eigenvalue weighted by Crippen LogP contribution is -2.11. The van der Waals surface area contributed by atoms with E-state index < -0.39 is 5.91 Å². The number of rotatable bonds is 4. The topological polar surface area (TPSA) is 69.4 Å². The summed E-state index contributed by atoms with van der Waals surface area (Å²) in [5, 5.41) is 0. The van der Waals surface area contributed by atoms with Crippen LogP contribution in [-0.4, -0.2) is 11.9 Å². The number of nitrogens with two attached hydrogens (primary N) is 1. The van der Waals surface area contributed by atoms with Crippen LogP contribution in [0, 0.1) is 6.92 Å². The van der Waals surface area contributed by atoms with E-state index in [1.54, 1.807) is 36.4 Å². The Kier molecular flexibility index (Phi) is 4.15. The summed E-state index contributed by atoms with van der Waals surface area (Å²) in [5.41, 5.74) is 7.91. The molecule has 0 radical (unpaired) electrons. The molecule has 0 bridgehead atoms. The molecule has 0 heterocycles. The molecule has 0 aromatic heterocycles. The van der Waals surface area contributed by atoms with Gasteiger partial charge in [0.25, 0.3) is 0 Å². The maximum atomic E-state index is 11.8. The fraction of sp³-hybridized carbons (Fsp3) is 0.125. The molecule has 1 amide bonds. The monoisotopic (exact) mass is 269 g/mol. The molecule has 0 atom stereocenters. The number of benzene rings is 2. The van der Waals surface area contributed by atoms with Crippen LogP contribution < -0.4 is 5.73 Å². The Bertz CT molecular complexity index is 632. The number of aryl methyl sites for hydroxylation is 1. The summed E-state index contributed by atoms with van der Waals surface area (Å²) in [6.45, 7) is 2.07. The fourth-order valence-electron chi connectivity index (χ4n) is 1.77. The number of ether oxygens (including phenoxy) is 1. The first-order valence-electron chi connectivity index (χ1n) is 6.19. The smallest absolute Gasteiger partial charge is 0.338 e. The van der Waals surface area contributed by atoms with Gasteiger partial charge in [0.15, 0.2) is 0 Å². The predicted molar refractivity (Wildman–Crippen MR) is 75.3 cm³/mol. The molecule has 0 aliphatic heterocycles. The fourth-order valence-corrected chi connectivity index (χ4v) is 1.77. The lowest BCUT2D eigenvalue weighted by atomic mass is 10.1. The van der Waals surface area contributed by atoms with Crippen LogP contribution in [0.4, 0.5) is 0 Å². The van der Waals surface area contributed by atoms with Gasteiger partial charge in [-0.25, -0.2) is 4.79 Å². The molecule has 2 aromatic carbocycles. The Balaban J connectivity index is 1.98. The van der Waals surface area contributed by atoms with Gasteiger partial charge in [0, 0.05) is 5.56 Å². The van der Waals surface area contributed by atoms with Gasteiger partial charge in [0.1, 0.15) is 6.61 Å². The highest BCUT2D eigenvalue weighted by molar-refractivity contribution is 5.92. The van der Waals surface area contributed by atoms with Crippen molar-refractivity contribution in [2.75, 3.05) is 0 Å². The SMILES string of the molecule is Cc1cccc(C(=O)OCc2ccc(C(N)=O)cc2)c1.